The Balaban J connectivity index is 3.45. The molecule has 0 saturated carbocycles. The Morgan fingerprint density at radius 1 is 1.11 bits per heavy atom. The summed E-state index contributed by atoms with van der Waals surface area (Å²) in [5.41, 5.74) is -5.63. The molecule has 0 radical (unpaired) electrons. The van der Waals surface area contributed by atoms with Gasteiger partial charge >= 0.3 is 6.18 Å². The Kier molecular flexibility index (Phi) is 4.48. The Hall–Kier alpha value is -1.67. The van der Waals surface area contributed by atoms with Gasteiger partial charge in [-0.1, -0.05) is 0 Å². The molecule has 0 unspecified atom stereocenters. The van der Waals surface area contributed by atoms with Gasteiger partial charge in [-0.3, -0.25) is 0 Å². The number of allylic oxidation sites excluding steroid dienone is 1. The van der Waals surface area contributed by atoms with Crippen molar-refractivity contribution in [3.63, 3.8) is 0 Å². The van der Waals surface area contributed by atoms with Gasteiger partial charge in [-0.05, 0) is 12.1 Å². The van der Waals surface area contributed by atoms with Crippen LogP contribution in [0.1, 0.15) is 23.4 Å². The molecule has 0 saturated heterocycles. The van der Waals surface area contributed by atoms with Crippen LogP contribution in [0.5, 0.6) is 0 Å². The molecular weight excluding hydrogens is 286 g/mol. The van der Waals surface area contributed by atoms with Gasteiger partial charge < -0.3 is 0 Å². The van der Waals surface area contributed by atoms with Crippen molar-refractivity contribution < 1.29 is 35.1 Å². The van der Waals surface area contributed by atoms with Crippen LogP contribution in [0.25, 0.3) is 5.57 Å². The first-order valence-electron chi connectivity index (χ1n) is 4.63. The summed E-state index contributed by atoms with van der Waals surface area (Å²) < 4.78 is 98.8. The highest BCUT2D eigenvalue weighted by molar-refractivity contribution is 5.64. The van der Waals surface area contributed by atoms with Gasteiger partial charge in [0.15, 0.2) is 0 Å². The molecule has 0 aliphatic heterocycles. The third-order valence-electron chi connectivity index (χ3n) is 2.04. The normalized spacial score (nSPS) is 13.5. The van der Waals surface area contributed by atoms with Gasteiger partial charge in [0.25, 0.3) is 12.9 Å². The minimum absolute atomic E-state index is 0.0233. The summed E-state index contributed by atoms with van der Waals surface area (Å²) >= 11 is 0. The van der Waals surface area contributed by atoms with Crippen LogP contribution in [0.15, 0.2) is 18.5 Å². The van der Waals surface area contributed by atoms with E-state index in [1.165, 1.54) is 0 Å². The number of hydrogen-bond donors (Lipinski definition) is 0. The standard InChI is InChI=1S/C10H5F8N/c11-3-5(8(12)13)6-1-4(10(16,17)18)2-7(19-6)9(14)15/h1-3,8-9H. The molecule has 106 valence electrons. The van der Waals surface area contributed by atoms with Crippen molar-refractivity contribution in [3.8, 4) is 0 Å². The summed E-state index contributed by atoms with van der Waals surface area (Å²) in [5, 5.41) is 0. The molecule has 9 heteroatoms. The first kappa shape index (κ1) is 15.4. The predicted octanol–water partition coefficient (Wildman–Crippen LogP) is 4.61. The summed E-state index contributed by atoms with van der Waals surface area (Å²) in [6.07, 6.45) is -12.6. The lowest BCUT2D eigenvalue weighted by Crippen LogP contribution is -2.10. The molecule has 19 heavy (non-hydrogen) atoms. The molecule has 0 bridgehead atoms. The van der Waals surface area contributed by atoms with Crippen molar-refractivity contribution in [1.29, 1.82) is 0 Å². The SMILES string of the molecule is FC=C(c1cc(C(F)(F)F)cc(C(F)F)n1)C(F)F. The highest BCUT2D eigenvalue weighted by Gasteiger charge is 2.33. The van der Waals surface area contributed by atoms with Crippen molar-refractivity contribution in [2.75, 3.05) is 0 Å². The molecule has 0 amide bonds. The lowest BCUT2D eigenvalue weighted by Gasteiger charge is -2.12. The lowest BCUT2D eigenvalue weighted by molar-refractivity contribution is -0.137. The zero-order valence-corrected chi connectivity index (χ0v) is 8.86. The Morgan fingerprint density at radius 3 is 2.05 bits per heavy atom. The zero-order valence-electron chi connectivity index (χ0n) is 8.86. The van der Waals surface area contributed by atoms with E-state index in [2.05, 4.69) is 4.98 Å². The summed E-state index contributed by atoms with van der Waals surface area (Å²) in [6.45, 7) is 0. The largest absolute Gasteiger partial charge is 0.416 e. The first-order chi connectivity index (χ1) is 8.66. The summed E-state index contributed by atoms with van der Waals surface area (Å²) in [6, 6.07) is 0.110. The lowest BCUT2D eigenvalue weighted by atomic mass is 10.1. The third-order valence-corrected chi connectivity index (χ3v) is 2.04. The molecule has 1 rings (SSSR count). The average Bonchev–Trinajstić information content (AvgIpc) is 2.27. The van der Waals surface area contributed by atoms with E-state index in [4.69, 9.17) is 0 Å². The fourth-order valence-corrected chi connectivity index (χ4v) is 1.19. The third kappa shape index (κ3) is 3.65. The van der Waals surface area contributed by atoms with Crippen LogP contribution in [-0.2, 0) is 6.18 Å². The van der Waals surface area contributed by atoms with E-state index in [-0.39, 0.29) is 12.1 Å². The molecule has 1 aromatic heterocycles. The van der Waals surface area contributed by atoms with E-state index in [0.717, 1.165) is 0 Å². The second-order valence-electron chi connectivity index (χ2n) is 3.33. The van der Waals surface area contributed by atoms with E-state index in [1.54, 1.807) is 0 Å². The molecule has 0 spiro atoms. The zero-order chi connectivity index (χ0) is 14.8. The molecule has 1 nitrogen and oxygen atoms in total. The molecule has 0 atom stereocenters. The van der Waals surface area contributed by atoms with Crippen molar-refractivity contribution >= 4 is 5.57 Å². The van der Waals surface area contributed by atoms with E-state index < -0.39 is 47.9 Å². The number of rotatable bonds is 3. The Labute approximate surface area is 101 Å². The summed E-state index contributed by atoms with van der Waals surface area (Å²) in [7, 11) is 0. The quantitative estimate of drug-likeness (QED) is 0.741. The fourth-order valence-electron chi connectivity index (χ4n) is 1.19. The topological polar surface area (TPSA) is 12.9 Å². The molecule has 1 heterocycles. The van der Waals surface area contributed by atoms with Crippen molar-refractivity contribution in [2.24, 2.45) is 0 Å². The first-order valence-corrected chi connectivity index (χ1v) is 4.63. The molecule has 0 aliphatic rings. The number of hydrogen-bond acceptors (Lipinski definition) is 1. The molecule has 0 N–H and O–H groups in total. The van der Waals surface area contributed by atoms with Crippen LogP contribution >= 0.6 is 0 Å². The highest BCUT2D eigenvalue weighted by atomic mass is 19.4. The van der Waals surface area contributed by atoms with Gasteiger partial charge in [0.1, 0.15) is 5.69 Å². The van der Waals surface area contributed by atoms with E-state index >= 15 is 0 Å². The monoisotopic (exact) mass is 291 g/mol. The number of pyridine rings is 1. The summed E-state index contributed by atoms with van der Waals surface area (Å²) in [4.78, 5) is 2.90. The van der Waals surface area contributed by atoms with Crippen LogP contribution < -0.4 is 0 Å². The predicted molar refractivity (Wildman–Crippen MR) is 49.3 cm³/mol. The molecule has 1 aromatic rings. The highest BCUT2D eigenvalue weighted by Crippen LogP contribution is 2.34. The van der Waals surface area contributed by atoms with Gasteiger partial charge in [0, 0.05) is 0 Å². The number of nitrogens with zero attached hydrogens (tertiary/aromatic N) is 1. The van der Waals surface area contributed by atoms with Gasteiger partial charge in [-0.15, -0.1) is 0 Å². The van der Waals surface area contributed by atoms with E-state index in [9.17, 15) is 35.1 Å². The number of halogens is 8. The molecule has 0 aliphatic carbocycles. The maximum atomic E-state index is 12.4. The minimum Gasteiger partial charge on any atom is -0.247 e. The Bertz CT molecular complexity index is 477. The molecule has 0 fully saturated rings. The maximum absolute atomic E-state index is 12.4. The van der Waals surface area contributed by atoms with Gasteiger partial charge in [0.2, 0.25) is 0 Å². The second-order valence-corrected chi connectivity index (χ2v) is 3.33. The smallest absolute Gasteiger partial charge is 0.247 e. The van der Waals surface area contributed by atoms with Crippen LogP contribution in [0, 0.1) is 0 Å². The molecule has 0 aromatic carbocycles. The molecular formula is C10H5F8N. The van der Waals surface area contributed by atoms with Crippen molar-refractivity contribution in [1.82, 2.24) is 4.98 Å². The number of aromatic nitrogens is 1. The van der Waals surface area contributed by atoms with Crippen molar-refractivity contribution in [3.05, 3.63) is 35.4 Å². The fraction of sp³-hybridized carbons (Fsp3) is 0.300. The number of alkyl halides is 7. The maximum Gasteiger partial charge on any atom is 0.416 e. The van der Waals surface area contributed by atoms with Crippen LogP contribution in [0.4, 0.5) is 35.1 Å². The van der Waals surface area contributed by atoms with Crippen molar-refractivity contribution in [2.45, 2.75) is 19.0 Å². The minimum atomic E-state index is -5.04. The Morgan fingerprint density at radius 2 is 1.68 bits per heavy atom. The van der Waals surface area contributed by atoms with E-state index in [1.807, 2.05) is 0 Å². The van der Waals surface area contributed by atoms with Gasteiger partial charge in [-0.25, -0.2) is 26.9 Å². The van der Waals surface area contributed by atoms with Crippen LogP contribution in [0.3, 0.4) is 0 Å². The van der Waals surface area contributed by atoms with Crippen LogP contribution in [0.2, 0.25) is 0 Å². The van der Waals surface area contributed by atoms with E-state index in [0.29, 0.717) is 0 Å². The second kappa shape index (κ2) is 5.54. The summed E-state index contributed by atoms with van der Waals surface area (Å²) in [5.74, 6) is 0. The van der Waals surface area contributed by atoms with Crippen LogP contribution in [-0.4, -0.2) is 11.4 Å². The average molecular weight is 291 g/mol. The van der Waals surface area contributed by atoms with Gasteiger partial charge in [-0.2, -0.15) is 13.2 Å². The van der Waals surface area contributed by atoms with Gasteiger partial charge in [0.05, 0.1) is 23.2 Å².